The summed E-state index contributed by atoms with van der Waals surface area (Å²) in [5, 5.41) is 24.7. The number of thiocarbonyl (C=S) groups is 1. The van der Waals surface area contributed by atoms with Crippen LogP contribution in [-0.4, -0.2) is 39.6 Å². The molecule has 0 spiro atoms. The van der Waals surface area contributed by atoms with Gasteiger partial charge in [0.1, 0.15) is 5.92 Å². The maximum absolute atomic E-state index is 13.5. The summed E-state index contributed by atoms with van der Waals surface area (Å²) in [6.07, 6.45) is -5.28. The number of alkyl halides is 3. The number of benzene rings is 1. The molecule has 1 aliphatic rings. The first-order chi connectivity index (χ1) is 12.0. The van der Waals surface area contributed by atoms with Gasteiger partial charge in [-0.05, 0) is 24.7 Å². The highest BCUT2D eigenvalue weighted by Gasteiger charge is 2.66. The summed E-state index contributed by atoms with van der Waals surface area (Å²) < 4.78 is 45.3. The molecule has 12 heteroatoms. The van der Waals surface area contributed by atoms with Crippen molar-refractivity contribution in [1.29, 1.82) is 0 Å². The number of nitro groups is 1. The molecule has 0 aromatic heterocycles. The van der Waals surface area contributed by atoms with Crippen LogP contribution in [0.3, 0.4) is 0 Å². The number of aliphatic hydroxyl groups is 1. The van der Waals surface area contributed by atoms with Crippen molar-refractivity contribution in [2.24, 2.45) is 5.92 Å². The van der Waals surface area contributed by atoms with E-state index in [1.807, 2.05) is 0 Å². The fourth-order valence-electron chi connectivity index (χ4n) is 2.65. The van der Waals surface area contributed by atoms with E-state index in [9.17, 15) is 33.2 Å². The molecular weight excluding hydrogens is 379 g/mol. The average molecular weight is 393 g/mol. The highest BCUT2D eigenvalue weighted by Crippen LogP contribution is 2.43. The number of rotatable bonds is 4. The van der Waals surface area contributed by atoms with Crippen LogP contribution in [0.1, 0.15) is 18.5 Å². The lowest BCUT2D eigenvalue weighted by Crippen LogP contribution is -2.73. The van der Waals surface area contributed by atoms with Crippen molar-refractivity contribution < 1.29 is 32.7 Å². The Balaban J connectivity index is 2.60. The molecule has 142 valence electrons. The molecule has 1 aliphatic heterocycles. The number of non-ortho nitro benzene ring substituents is 1. The van der Waals surface area contributed by atoms with Crippen molar-refractivity contribution in [3.05, 3.63) is 39.9 Å². The molecule has 0 radical (unpaired) electrons. The second-order valence-corrected chi connectivity index (χ2v) is 5.83. The molecule has 1 saturated heterocycles. The molecule has 1 aromatic carbocycles. The zero-order valence-corrected chi connectivity index (χ0v) is 14.1. The maximum Gasteiger partial charge on any atom is 0.437 e. The SMILES string of the molecule is CCOC(=O)[C@@H]1[C@H](c2cccc([N+](=O)[O-])c2)NC(=S)N[C@@]1(O)C(F)(F)F. The summed E-state index contributed by atoms with van der Waals surface area (Å²) in [5.41, 5.74) is -4.15. The number of carbonyl (C=O) groups is 1. The molecule has 0 unspecified atom stereocenters. The minimum absolute atomic E-state index is 0.0382. The molecule has 8 nitrogen and oxygen atoms in total. The molecule has 2 rings (SSSR count). The van der Waals surface area contributed by atoms with Gasteiger partial charge >= 0.3 is 12.1 Å². The van der Waals surface area contributed by atoms with Crippen molar-refractivity contribution in [3.63, 3.8) is 0 Å². The first-order valence-electron chi connectivity index (χ1n) is 7.30. The van der Waals surface area contributed by atoms with Crippen LogP contribution in [0.5, 0.6) is 0 Å². The molecule has 0 saturated carbocycles. The number of ether oxygens (including phenoxy) is 1. The van der Waals surface area contributed by atoms with Gasteiger partial charge in [-0.25, -0.2) is 0 Å². The average Bonchev–Trinajstić information content (AvgIpc) is 2.53. The van der Waals surface area contributed by atoms with E-state index in [1.54, 1.807) is 5.32 Å². The third-order valence-electron chi connectivity index (χ3n) is 3.79. The molecule has 0 aliphatic carbocycles. The summed E-state index contributed by atoms with van der Waals surface area (Å²) in [5.74, 6) is -3.54. The number of carbonyl (C=O) groups excluding carboxylic acids is 1. The first kappa shape index (κ1) is 19.8. The van der Waals surface area contributed by atoms with Gasteiger partial charge in [0.15, 0.2) is 5.11 Å². The van der Waals surface area contributed by atoms with Gasteiger partial charge in [-0.3, -0.25) is 14.9 Å². The number of nitrogens with zero attached hydrogens (tertiary/aromatic N) is 1. The molecule has 1 aromatic rings. The number of nitrogens with one attached hydrogen (secondary N) is 2. The van der Waals surface area contributed by atoms with Crippen LogP contribution in [0.4, 0.5) is 18.9 Å². The van der Waals surface area contributed by atoms with E-state index in [2.05, 4.69) is 10.1 Å². The predicted octanol–water partition coefficient (Wildman–Crippen LogP) is 1.54. The lowest BCUT2D eigenvalue weighted by atomic mass is 9.82. The minimum Gasteiger partial charge on any atom is -0.466 e. The van der Waals surface area contributed by atoms with Crippen LogP contribution in [0.25, 0.3) is 0 Å². The van der Waals surface area contributed by atoms with E-state index in [0.717, 1.165) is 12.1 Å². The summed E-state index contributed by atoms with van der Waals surface area (Å²) >= 11 is 4.72. The number of halogens is 3. The molecule has 3 atom stereocenters. The Morgan fingerprint density at radius 3 is 2.69 bits per heavy atom. The highest BCUT2D eigenvalue weighted by atomic mass is 32.1. The molecule has 1 fully saturated rings. The van der Waals surface area contributed by atoms with Crippen molar-refractivity contribution >= 4 is 29.0 Å². The fraction of sp³-hybridized carbons (Fsp3) is 0.429. The third-order valence-corrected chi connectivity index (χ3v) is 4.01. The molecule has 3 N–H and O–H groups in total. The van der Waals surface area contributed by atoms with E-state index in [1.165, 1.54) is 19.1 Å². The van der Waals surface area contributed by atoms with E-state index < -0.39 is 45.6 Å². The van der Waals surface area contributed by atoms with Crippen molar-refractivity contribution in [1.82, 2.24) is 10.6 Å². The van der Waals surface area contributed by atoms with Gasteiger partial charge in [-0.15, -0.1) is 0 Å². The van der Waals surface area contributed by atoms with Gasteiger partial charge in [-0.2, -0.15) is 13.2 Å². The minimum atomic E-state index is -5.28. The van der Waals surface area contributed by atoms with Crippen LogP contribution >= 0.6 is 12.2 Å². The van der Waals surface area contributed by atoms with E-state index in [-0.39, 0.29) is 12.2 Å². The van der Waals surface area contributed by atoms with Gasteiger partial charge in [0.2, 0.25) is 0 Å². The lowest BCUT2D eigenvalue weighted by molar-refractivity contribution is -0.385. The number of hydrogen-bond acceptors (Lipinski definition) is 6. The predicted molar refractivity (Wildman–Crippen MR) is 85.8 cm³/mol. The lowest BCUT2D eigenvalue weighted by Gasteiger charge is -2.45. The summed E-state index contributed by atoms with van der Waals surface area (Å²) in [4.78, 5) is 22.4. The summed E-state index contributed by atoms with van der Waals surface area (Å²) in [6, 6.07) is 3.15. The Hall–Kier alpha value is -2.47. The van der Waals surface area contributed by atoms with Gasteiger partial charge in [0.25, 0.3) is 11.4 Å². The first-order valence-corrected chi connectivity index (χ1v) is 7.71. The third kappa shape index (κ3) is 3.55. The zero-order valence-electron chi connectivity index (χ0n) is 13.2. The fourth-order valence-corrected chi connectivity index (χ4v) is 2.93. The van der Waals surface area contributed by atoms with Crippen LogP contribution in [-0.2, 0) is 9.53 Å². The smallest absolute Gasteiger partial charge is 0.437 e. The largest absolute Gasteiger partial charge is 0.466 e. The topological polar surface area (TPSA) is 114 Å². The Bertz CT molecular complexity index is 745. The summed E-state index contributed by atoms with van der Waals surface area (Å²) in [6.45, 7) is 1.16. The van der Waals surface area contributed by atoms with Crippen molar-refractivity contribution in [2.45, 2.75) is 24.9 Å². The van der Waals surface area contributed by atoms with Crippen LogP contribution in [0, 0.1) is 16.0 Å². The Labute approximate surface area is 150 Å². The summed E-state index contributed by atoms with van der Waals surface area (Å²) in [7, 11) is 0. The monoisotopic (exact) mass is 393 g/mol. The zero-order chi connectivity index (χ0) is 19.7. The second kappa shape index (κ2) is 7.03. The quantitative estimate of drug-likeness (QED) is 0.306. The Morgan fingerprint density at radius 2 is 2.15 bits per heavy atom. The van der Waals surface area contributed by atoms with Gasteiger partial charge in [0, 0.05) is 12.1 Å². The molecule has 0 amide bonds. The molecule has 26 heavy (non-hydrogen) atoms. The van der Waals surface area contributed by atoms with E-state index >= 15 is 0 Å². The number of nitro benzene ring substituents is 1. The van der Waals surface area contributed by atoms with Crippen LogP contribution in [0.15, 0.2) is 24.3 Å². The highest BCUT2D eigenvalue weighted by molar-refractivity contribution is 7.80. The van der Waals surface area contributed by atoms with E-state index in [0.29, 0.717) is 0 Å². The van der Waals surface area contributed by atoms with Gasteiger partial charge in [0.05, 0.1) is 17.6 Å². The van der Waals surface area contributed by atoms with Crippen LogP contribution < -0.4 is 10.6 Å². The number of esters is 1. The van der Waals surface area contributed by atoms with Crippen LogP contribution in [0.2, 0.25) is 0 Å². The standard InChI is InChI=1S/C14H14F3N3O5S/c1-2-25-11(21)9-10(7-4-3-5-8(6-7)20(23)24)18-12(26)19-13(9,22)14(15,16)17/h3-6,9-10,22H,2H2,1H3,(H2,18,19,26)/t9-,10-,13-/m0/s1. The van der Waals surface area contributed by atoms with Crippen molar-refractivity contribution in [3.8, 4) is 0 Å². The number of hydrogen-bond donors (Lipinski definition) is 3. The normalized spacial score (nSPS) is 25.8. The second-order valence-electron chi connectivity index (χ2n) is 5.42. The Morgan fingerprint density at radius 1 is 1.50 bits per heavy atom. The van der Waals surface area contributed by atoms with Gasteiger partial charge in [-0.1, -0.05) is 12.1 Å². The van der Waals surface area contributed by atoms with Crippen molar-refractivity contribution in [2.75, 3.05) is 6.61 Å². The molecular formula is C14H14F3N3O5S. The molecule has 0 bridgehead atoms. The molecule has 1 heterocycles. The Kier molecular flexibility index (Phi) is 5.37. The maximum atomic E-state index is 13.5. The van der Waals surface area contributed by atoms with E-state index in [4.69, 9.17) is 12.2 Å². The van der Waals surface area contributed by atoms with Gasteiger partial charge < -0.3 is 20.5 Å².